The van der Waals surface area contributed by atoms with Gasteiger partial charge in [0.2, 0.25) is 0 Å². The van der Waals surface area contributed by atoms with Crippen LogP contribution < -0.4 is 10.1 Å². The smallest absolute Gasteiger partial charge is 0.387 e. The second-order valence-electron chi connectivity index (χ2n) is 6.33. The lowest BCUT2D eigenvalue weighted by Gasteiger charge is -2.20. The molecule has 0 radical (unpaired) electrons. The molecule has 0 unspecified atom stereocenters. The van der Waals surface area contributed by atoms with Crippen LogP contribution in [0.5, 0.6) is 5.75 Å². The number of furan rings is 1. The highest BCUT2D eigenvalue weighted by atomic mass is 19.3. The van der Waals surface area contributed by atoms with E-state index in [1.54, 1.807) is 19.1 Å². The Morgan fingerprint density at radius 2 is 1.67 bits per heavy atom. The molecule has 1 amide bonds. The molecule has 8 heteroatoms. The van der Waals surface area contributed by atoms with Crippen LogP contribution >= 0.6 is 0 Å². The number of hydrogen-bond acceptors (Lipinski definition) is 5. The minimum atomic E-state index is -2.92. The van der Waals surface area contributed by atoms with Crippen molar-refractivity contribution in [2.75, 3.05) is 6.61 Å². The van der Waals surface area contributed by atoms with Crippen molar-refractivity contribution in [3.63, 3.8) is 0 Å². The Kier molecular flexibility index (Phi) is 6.79. The molecule has 1 heterocycles. The average molecular weight is 415 g/mol. The number of rotatable bonds is 8. The number of halogens is 2. The van der Waals surface area contributed by atoms with Gasteiger partial charge in [0.05, 0.1) is 12.3 Å². The van der Waals surface area contributed by atoms with Crippen molar-refractivity contribution in [2.45, 2.75) is 19.6 Å². The third-order valence-corrected chi connectivity index (χ3v) is 4.29. The van der Waals surface area contributed by atoms with E-state index in [1.165, 1.54) is 24.5 Å². The number of alkyl halides is 2. The molecule has 0 aliphatic heterocycles. The molecule has 30 heavy (non-hydrogen) atoms. The molecule has 6 nitrogen and oxygen atoms in total. The Balaban J connectivity index is 1.71. The standard InChI is InChI=1S/C22H19F2NO5/c1-14-18(11-12-28-14)21(27)29-13-19(26)25-20(15-5-3-2-4-6-15)16-7-9-17(10-8-16)30-22(23)24/h2-12,20,22H,13H2,1H3,(H,25,26)/t20-/m1/s1. The lowest BCUT2D eigenvalue weighted by atomic mass is 9.98. The Morgan fingerprint density at radius 3 is 2.27 bits per heavy atom. The molecule has 0 aliphatic carbocycles. The van der Waals surface area contributed by atoms with Gasteiger partial charge in [-0.2, -0.15) is 8.78 Å². The molecular weight excluding hydrogens is 396 g/mol. The van der Waals surface area contributed by atoms with E-state index in [0.717, 1.165) is 5.56 Å². The minimum absolute atomic E-state index is 0.0105. The first-order valence-corrected chi connectivity index (χ1v) is 9.04. The van der Waals surface area contributed by atoms with Crippen molar-refractivity contribution in [1.82, 2.24) is 5.32 Å². The number of nitrogens with one attached hydrogen (secondary N) is 1. The van der Waals surface area contributed by atoms with Crippen LogP contribution in [0.3, 0.4) is 0 Å². The summed E-state index contributed by atoms with van der Waals surface area (Å²) in [6, 6.07) is 15.9. The zero-order chi connectivity index (χ0) is 21.5. The molecular formula is C22H19F2NO5. The van der Waals surface area contributed by atoms with Crippen molar-refractivity contribution < 1.29 is 32.3 Å². The van der Waals surface area contributed by atoms with Crippen LogP contribution in [0.4, 0.5) is 8.78 Å². The number of carbonyl (C=O) groups is 2. The second-order valence-corrected chi connectivity index (χ2v) is 6.33. The first kappa shape index (κ1) is 21.0. The Morgan fingerprint density at radius 1 is 1.00 bits per heavy atom. The van der Waals surface area contributed by atoms with Crippen LogP contribution in [0.25, 0.3) is 0 Å². The third kappa shape index (κ3) is 5.44. The van der Waals surface area contributed by atoms with Gasteiger partial charge in [-0.3, -0.25) is 4.79 Å². The van der Waals surface area contributed by atoms with E-state index in [4.69, 9.17) is 9.15 Å². The fraction of sp³-hybridized carbons (Fsp3) is 0.182. The topological polar surface area (TPSA) is 77.8 Å². The number of ether oxygens (including phenoxy) is 2. The molecule has 0 aliphatic rings. The molecule has 1 N–H and O–H groups in total. The van der Waals surface area contributed by atoms with E-state index < -0.39 is 31.1 Å². The monoisotopic (exact) mass is 415 g/mol. The summed E-state index contributed by atoms with van der Waals surface area (Å²) in [4.78, 5) is 24.5. The highest BCUT2D eigenvalue weighted by Gasteiger charge is 2.19. The largest absolute Gasteiger partial charge is 0.469 e. The van der Waals surface area contributed by atoms with Gasteiger partial charge in [-0.25, -0.2) is 4.79 Å². The highest BCUT2D eigenvalue weighted by Crippen LogP contribution is 2.25. The molecule has 2 aromatic carbocycles. The van der Waals surface area contributed by atoms with Gasteiger partial charge in [0, 0.05) is 0 Å². The summed E-state index contributed by atoms with van der Waals surface area (Å²) < 4.78 is 39.2. The molecule has 3 aromatic rings. The van der Waals surface area contributed by atoms with Gasteiger partial charge in [-0.05, 0) is 36.2 Å². The number of benzene rings is 2. The Hall–Kier alpha value is -3.68. The van der Waals surface area contributed by atoms with E-state index in [2.05, 4.69) is 10.1 Å². The molecule has 0 spiro atoms. The maximum Gasteiger partial charge on any atom is 0.387 e. The molecule has 0 saturated heterocycles. The number of amides is 1. The molecule has 156 valence electrons. The van der Waals surface area contributed by atoms with Crippen molar-refractivity contribution >= 4 is 11.9 Å². The lowest BCUT2D eigenvalue weighted by molar-refractivity contribution is -0.124. The summed E-state index contributed by atoms with van der Waals surface area (Å²) in [5.41, 5.74) is 1.66. The van der Waals surface area contributed by atoms with Crippen LogP contribution in [0.1, 0.15) is 33.3 Å². The molecule has 3 rings (SSSR count). The van der Waals surface area contributed by atoms with Gasteiger partial charge in [0.15, 0.2) is 6.61 Å². The first-order chi connectivity index (χ1) is 14.4. The van der Waals surface area contributed by atoms with Gasteiger partial charge >= 0.3 is 12.6 Å². The SMILES string of the molecule is Cc1occc1C(=O)OCC(=O)N[C@H](c1ccccc1)c1ccc(OC(F)F)cc1. The zero-order valence-electron chi connectivity index (χ0n) is 16.0. The Labute approximate surface area is 171 Å². The lowest BCUT2D eigenvalue weighted by Crippen LogP contribution is -2.33. The van der Waals surface area contributed by atoms with Gasteiger partial charge in [-0.1, -0.05) is 42.5 Å². The van der Waals surface area contributed by atoms with E-state index >= 15 is 0 Å². The number of hydrogen-bond donors (Lipinski definition) is 1. The fourth-order valence-electron chi connectivity index (χ4n) is 2.85. The second kappa shape index (κ2) is 9.69. The van der Waals surface area contributed by atoms with Gasteiger partial charge < -0.3 is 19.2 Å². The minimum Gasteiger partial charge on any atom is -0.469 e. The van der Waals surface area contributed by atoms with E-state index in [0.29, 0.717) is 11.3 Å². The summed E-state index contributed by atoms with van der Waals surface area (Å²) in [5.74, 6) is -0.780. The average Bonchev–Trinajstić information content (AvgIpc) is 3.17. The normalized spacial score (nSPS) is 11.7. The van der Waals surface area contributed by atoms with Gasteiger partial charge in [0.25, 0.3) is 5.91 Å². The van der Waals surface area contributed by atoms with Crippen molar-refractivity contribution in [3.8, 4) is 5.75 Å². The number of esters is 1. The maximum absolute atomic E-state index is 12.4. The molecule has 1 aromatic heterocycles. The van der Waals surface area contributed by atoms with Crippen LogP contribution in [0.15, 0.2) is 71.3 Å². The van der Waals surface area contributed by atoms with Crippen LogP contribution in [-0.4, -0.2) is 25.1 Å². The van der Waals surface area contributed by atoms with Crippen molar-refractivity contribution in [2.24, 2.45) is 0 Å². The number of carbonyl (C=O) groups excluding carboxylic acids is 2. The first-order valence-electron chi connectivity index (χ1n) is 9.04. The number of aryl methyl sites for hydroxylation is 1. The highest BCUT2D eigenvalue weighted by molar-refractivity contribution is 5.92. The fourth-order valence-corrected chi connectivity index (χ4v) is 2.85. The summed E-state index contributed by atoms with van der Waals surface area (Å²) in [6.45, 7) is -1.79. The summed E-state index contributed by atoms with van der Waals surface area (Å²) in [6.07, 6.45) is 1.36. The summed E-state index contributed by atoms with van der Waals surface area (Å²) in [5, 5.41) is 2.80. The predicted molar refractivity (Wildman–Crippen MR) is 103 cm³/mol. The van der Waals surface area contributed by atoms with E-state index in [-0.39, 0.29) is 11.3 Å². The third-order valence-electron chi connectivity index (χ3n) is 4.29. The van der Waals surface area contributed by atoms with Crippen LogP contribution in [-0.2, 0) is 9.53 Å². The quantitative estimate of drug-likeness (QED) is 0.557. The van der Waals surface area contributed by atoms with Crippen molar-refractivity contribution in [3.05, 3.63) is 89.4 Å². The summed E-state index contributed by atoms with van der Waals surface area (Å²) in [7, 11) is 0. The van der Waals surface area contributed by atoms with E-state index in [1.807, 2.05) is 30.3 Å². The maximum atomic E-state index is 12.4. The van der Waals surface area contributed by atoms with E-state index in [9.17, 15) is 18.4 Å². The van der Waals surface area contributed by atoms with Gasteiger partial charge in [0.1, 0.15) is 17.1 Å². The molecule has 1 atom stereocenters. The van der Waals surface area contributed by atoms with Crippen LogP contribution in [0, 0.1) is 6.92 Å². The summed E-state index contributed by atoms with van der Waals surface area (Å²) >= 11 is 0. The molecule has 0 fully saturated rings. The Bertz CT molecular complexity index is 986. The predicted octanol–water partition coefficient (Wildman–Crippen LogP) is 4.25. The zero-order valence-corrected chi connectivity index (χ0v) is 16.0. The van der Waals surface area contributed by atoms with Crippen molar-refractivity contribution in [1.29, 1.82) is 0 Å². The molecule has 0 saturated carbocycles. The van der Waals surface area contributed by atoms with Gasteiger partial charge in [-0.15, -0.1) is 0 Å². The molecule has 0 bridgehead atoms. The van der Waals surface area contributed by atoms with Crippen LogP contribution in [0.2, 0.25) is 0 Å².